The smallest absolute Gasteiger partial charge is 0.268 e. The Labute approximate surface area is 163 Å². The average Bonchev–Trinajstić information content (AvgIpc) is 3.31. The summed E-state index contributed by atoms with van der Waals surface area (Å²) in [5.41, 5.74) is 3.23. The normalized spacial score (nSPS) is 12.7. The molecule has 0 spiro atoms. The second kappa shape index (κ2) is 7.05. The Morgan fingerprint density at radius 3 is 2.69 bits per heavy atom. The third kappa shape index (κ3) is 3.18. The van der Waals surface area contributed by atoms with Gasteiger partial charge in [0, 0.05) is 22.4 Å². The maximum Gasteiger partial charge on any atom is 0.268 e. The van der Waals surface area contributed by atoms with Crippen molar-refractivity contribution in [2.45, 2.75) is 6.42 Å². The van der Waals surface area contributed by atoms with E-state index in [-0.39, 0.29) is 11.8 Å². The van der Waals surface area contributed by atoms with E-state index in [0.717, 1.165) is 27.0 Å². The summed E-state index contributed by atoms with van der Waals surface area (Å²) < 4.78 is 0.744. The van der Waals surface area contributed by atoms with Gasteiger partial charge in [0.25, 0.3) is 11.8 Å². The number of anilines is 2. The minimum absolute atomic E-state index is 0.00744. The van der Waals surface area contributed by atoms with E-state index in [4.69, 9.17) is 0 Å². The minimum Gasteiger partial charge on any atom is -0.322 e. The summed E-state index contributed by atoms with van der Waals surface area (Å²) in [4.78, 5) is 27.7. The van der Waals surface area contributed by atoms with Crippen LogP contribution < -0.4 is 10.2 Å². The molecule has 4 rings (SSSR count). The molecule has 4 nitrogen and oxygen atoms in total. The number of halogens is 1. The summed E-state index contributed by atoms with van der Waals surface area (Å²) in [6.07, 6.45) is 0.824. The summed E-state index contributed by atoms with van der Waals surface area (Å²) in [5, 5.41) is 4.82. The summed E-state index contributed by atoms with van der Waals surface area (Å²) in [5.74, 6) is -0.181. The van der Waals surface area contributed by atoms with E-state index in [9.17, 15) is 9.59 Å². The molecule has 2 aromatic carbocycles. The zero-order chi connectivity index (χ0) is 18.1. The SMILES string of the molecule is O=C(Nc1ccc2c(c1)N(C(=O)c1cccs1)CC2)c1ccccc1Br. The first kappa shape index (κ1) is 17.0. The lowest BCUT2D eigenvalue weighted by Crippen LogP contribution is -2.28. The summed E-state index contributed by atoms with van der Waals surface area (Å²) in [6, 6.07) is 16.7. The maximum absolute atomic E-state index is 12.7. The molecule has 1 aromatic heterocycles. The average molecular weight is 427 g/mol. The number of thiophene rings is 1. The van der Waals surface area contributed by atoms with Gasteiger partial charge in [-0.3, -0.25) is 9.59 Å². The van der Waals surface area contributed by atoms with Crippen LogP contribution in [-0.4, -0.2) is 18.4 Å². The molecule has 0 unspecified atom stereocenters. The van der Waals surface area contributed by atoms with E-state index >= 15 is 0 Å². The molecule has 0 radical (unpaired) electrons. The molecule has 0 atom stereocenters. The van der Waals surface area contributed by atoms with Crippen molar-refractivity contribution in [1.29, 1.82) is 0 Å². The number of hydrogen-bond donors (Lipinski definition) is 1. The Morgan fingerprint density at radius 2 is 1.92 bits per heavy atom. The van der Waals surface area contributed by atoms with E-state index in [2.05, 4.69) is 21.2 Å². The molecule has 130 valence electrons. The molecule has 0 aliphatic carbocycles. The second-order valence-corrected chi connectivity index (χ2v) is 7.76. The molecule has 1 aliphatic heterocycles. The van der Waals surface area contributed by atoms with Crippen LogP contribution >= 0.6 is 27.3 Å². The maximum atomic E-state index is 12.7. The van der Waals surface area contributed by atoms with Crippen LogP contribution in [0.25, 0.3) is 0 Å². The van der Waals surface area contributed by atoms with Gasteiger partial charge in [-0.25, -0.2) is 0 Å². The van der Waals surface area contributed by atoms with Crippen molar-refractivity contribution in [2.75, 3.05) is 16.8 Å². The van der Waals surface area contributed by atoms with Crippen LogP contribution in [0.5, 0.6) is 0 Å². The number of amides is 2. The Kier molecular flexibility index (Phi) is 4.61. The Balaban J connectivity index is 1.59. The molecule has 1 N–H and O–H groups in total. The van der Waals surface area contributed by atoms with E-state index in [1.165, 1.54) is 11.3 Å². The number of carbonyl (C=O) groups is 2. The molecular formula is C20H15BrN2O2S. The van der Waals surface area contributed by atoms with Gasteiger partial charge < -0.3 is 10.2 Å². The van der Waals surface area contributed by atoms with E-state index in [0.29, 0.717) is 17.8 Å². The zero-order valence-corrected chi connectivity index (χ0v) is 16.1. The van der Waals surface area contributed by atoms with Crippen LogP contribution in [0.2, 0.25) is 0 Å². The van der Waals surface area contributed by atoms with Gasteiger partial charge in [-0.1, -0.05) is 24.3 Å². The summed E-state index contributed by atoms with van der Waals surface area (Å²) in [6.45, 7) is 0.660. The minimum atomic E-state index is -0.188. The topological polar surface area (TPSA) is 49.4 Å². The standard InChI is InChI=1S/C20H15BrN2O2S/c21-16-5-2-1-4-15(16)19(24)22-14-8-7-13-9-10-23(17(13)12-14)20(25)18-6-3-11-26-18/h1-8,11-12H,9-10H2,(H,22,24). The predicted molar refractivity (Wildman–Crippen MR) is 108 cm³/mol. The molecule has 0 bridgehead atoms. The quantitative estimate of drug-likeness (QED) is 0.642. The zero-order valence-electron chi connectivity index (χ0n) is 13.7. The van der Waals surface area contributed by atoms with E-state index in [1.807, 2.05) is 53.9 Å². The van der Waals surface area contributed by atoms with Gasteiger partial charge in [0.15, 0.2) is 0 Å². The van der Waals surface area contributed by atoms with Gasteiger partial charge in [0.1, 0.15) is 0 Å². The monoisotopic (exact) mass is 426 g/mol. The van der Waals surface area contributed by atoms with Gasteiger partial charge in [-0.2, -0.15) is 0 Å². The highest BCUT2D eigenvalue weighted by molar-refractivity contribution is 9.10. The summed E-state index contributed by atoms with van der Waals surface area (Å²) >= 11 is 4.84. The fraction of sp³-hybridized carbons (Fsp3) is 0.100. The first-order valence-corrected chi connectivity index (χ1v) is 9.85. The number of nitrogens with zero attached hydrogens (tertiary/aromatic N) is 1. The van der Waals surface area contributed by atoms with Crippen molar-refractivity contribution < 1.29 is 9.59 Å². The second-order valence-electron chi connectivity index (χ2n) is 5.96. The Hall–Kier alpha value is -2.44. The lowest BCUT2D eigenvalue weighted by Gasteiger charge is -2.17. The van der Waals surface area contributed by atoms with Crippen molar-refractivity contribution in [3.05, 3.63) is 80.5 Å². The first-order chi connectivity index (χ1) is 12.6. The number of nitrogens with one attached hydrogen (secondary N) is 1. The number of rotatable bonds is 3. The van der Waals surface area contributed by atoms with Gasteiger partial charge in [0.05, 0.1) is 10.4 Å². The molecule has 26 heavy (non-hydrogen) atoms. The molecule has 0 fully saturated rings. The van der Waals surface area contributed by atoms with Crippen molar-refractivity contribution >= 4 is 50.5 Å². The van der Waals surface area contributed by atoms with Crippen molar-refractivity contribution in [1.82, 2.24) is 0 Å². The van der Waals surface area contributed by atoms with Crippen LogP contribution in [-0.2, 0) is 6.42 Å². The number of benzene rings is 2. The molecule has 0 saturated heterocycles. The van der Waals surface area contributed by atoms with Crippen molar-refractivity contribution in [3.8, 4) is 0 Å². The highest BCUT2D eigenvalue weighted by atomic mass is 79.9. The molecule has 1 aliphatic rings. The molecule has 6 heteroatoms. The van der Waals surface area contributed by atoms with Crippen LogP contribution in [0, 0.1) is 0 Å². The number of hydrogen-bond acceptors (Lipinski definition) is 3. The van der Waals surface area contributed by atoms with E-state index < -0.39 is 0 Å². The van der Waals surface area contributed by atoms with Crippen LogP contribution in [0.3, 0.4) is 0 Å². The van der Waals surface area contributed by atoms with Gasteiger partial charge >= 0.3 is 0 Å². The van der Waals surface area contributed by atoms with Crippen molar-refractivity contribution in [2.24, 2.45) is 0 Å². The first-order valence-electron chi connectivity index (χ1n) is 8.17. The predicted octanol–water partition coefficient (Wildman–Crippen LogP) is 4.97. The fourth-order valence-electron chi connectivity index (χ4n) is 3.04. The lowest BCUT2D eigenvalue weighted by molar-refractivity contribution is 0.0991. The lowest BCUT2D eigenvalue weighted by atomic mass is 10.1. The van der Waals surface area contributed by atoms with Gasteiger partial charge in [0.2, 0.25) is 0 Å². The van der Waals surface area contributed by atoms with E-state index in [1.54, 1.807) is 11.0 Å². The van der Waals surface area contributed by atoms with Gasteiger partial charge in [-0.05, 0) is 63.6 Å². The highest BCUT2D eigenvalue weighted by Gasteiger charge is 2.26. The van der Waals surface area contributed by atoms with Crippen molar-refractivity contribution in [3.63, 3.8) is 0 Å². The van der Waals surface area contributed by atoms with Crippen LogP contribution in [0.4, 0.5) is 11.4 Å². The third-order valence-electron chi connectivity index (χ3n) is 4.33. The Bertz CT molecular complexity index is 985. The molecule has 2 amide bonds. The molecule has 0 saturated carbocycles. The number of carbonyl (C=O) groups excluding carboxylic acids is 2. The fourth-order valence-corrected chi connectivity index (χ4v) is 4.18. The van der Waals surface area contributed by atoms with Crippen LogP contribution in [0.15, 0.2) is 64.5 Å². The molecular weight excluding hydrogens is 412 g/mol. The summed E-state index contributed by atoms with van der Waals surface area (Å²) in [7, 11) is 0. The van der Waals surface area contributed by atoms with Crippen LogP contribution in [0.1, 0.15) is 25.6 Å². The largest absolute Gasteiger partial charge is 0.322 e. The number of fused-ring (bicyclic) bond motifs is 1. The Morgan fingerprint density at radius 1 is 1.08 bits per heavy atom. The highest BCUT2D eigenvalue weighted by Crippen LogP contribution is 2.33. The molecule has 2 heterocycles. The van der Waals surface area contributed by atoms with Gasteiger partial charge in [-0.15, -0.1) is 11.3 Å². The third-order valence-corrected chi connectivity index (χ3v) is 5.88. The molecule has 3 aromatic rings.